The van der Waals surface area contributed by atoms with Gasteiger partial charge in [0, 0.05) is 37.0 Å². The summed E-state index contributed by atoms with van der Waals surface area (Å²) in [6, 6.07) is 7.73. The quantitative estimate of drug-likeness (QED) is 0.234. The molecule has 0 amide bonds. The summed E-state index contributed by atoms with van der Waals surface area (Å²) in [6.45, 7) is 1.19. The molecule has 1 aromatic heterocycles. The van der Waals surface area contributed by atoms with Crippen LogP contribution in [-0.4, -0.2) is 31.1 Å². The predicted molar refractivity (Wildman–Crippen MR) is 115 cm³/mol. The molecule has 0 saturated heterocycles. The summed E-state index contributed by atoms with van der Waals surface area (Å²) in [5.74, 6) is 0.619. The van der Waals surface area contributed by atoms with Crippen LogP contribution in [0.3, 0.4) is 0 Å². The third-order valence-electron chi connectivity index (χ3n) is 3.55. The number of thiazole rings is 1. The second-order valence-electron chi connectivity index (χ2n) is 5.53. The van der Waals surface area contributed by atoms with Crippen LogP contribution in [0, 0.1) is 0 Å². The van der Waals surface area contributed by atoms with Crippen molar-refractivity contribution in [3.05, 3.63) is 50.9 Å². The summed E-state index contributed by atoms with van der Waals surface area (Å²) in [4.78, 5) is 7.70. The number of aryl methyl sites for hydroxylation is 1. The molecule has 0 saturated carbocycles. The van der Waals surface area contributed by atoms with Crippen molar-refractivity contribution in [2.24, 2.45) is 4.99 Å². The van der Waals surface area contributed by atoms with Crippen LogP contribution in [0.15, 0.2) is 34.6 Å². The van der Waals surface area contributed by atoms with Crippen LogP contribution in [0.5, 0.6) is 0 Å². The first-order valence-electron chi connectivity index (χ1n) is 8.09. The van der Waals surface area contributed by atoms with E-state index in [0.717, 1.165) is 41.1 Å². The van der Waals surface area contributed by atoms with Gasteiger partial charge in [-0.3, -0.25) is 4.99 Å². The standard InChI is InChI=1S/C17H20ClF3N4S.HI/c1-22-16(23-9-2-3-12-4-6-13(18)7-5-12)24-10-8-15-25-14(11-26-15)17(19,20)21;/h4-7,11H,2-3,8-10H2,1H3,(H2,22,23,24);1H. The number of hydrogen-bond acceptors (Lipinski definition) is 3. The van der Waals surface area contributed by atoms with Crippen molar-refractivity contribution in [1.29, 1.82) is 0 Å². The molecule has 2 N–H and O–H groups in total. The predicted octanol–water partition coefficient (Wildman–Crippen LogP) is 4.77. The first-order valence-corrected chi connectivity index (χ1v) is 9.35. The van der Waals surface area contributed by atoms with Crippen molar-refractivity contribution in [3.8, 4) is 0 Å². The maximum absolute atomic E-state index is 12.5. The lowest BCUT2D eigenvalue weighted by atomic mass is 10.1. The monoisotopic (exact) mass is 532 g/mol. The van der Waals surface area contributed by atoms with Crippen LogP contribution in [0.1, 0.15) is 22.7 Å². The van der Waals surface area contributed by atoms with Crippen molar-refractivity contribution in [1.82, 2.24) is 15.6 Å². The number of aliphatic imine (C=N–C) groups is 1. The van der Waals surface area contributed by atoms with E-state index in [0.29, 0.717) is 23.9 Å². The van der Waals surface area contributed by atoms with E-state index in [4.69, 9.17) is 11.6 Å². The third kappa shape index (κ3) is 8.65. The minimum atomic E-state index is -4.39. The van der Waals surface area contributed by atoms with Crippen molar-refractivity contribution in [3.63, 3.8) is 0 Å². The van der Waals surface area contributed by atoms with Crippen LogP contribution in [-0.2, 0) is 19.0 Å². The molecule has 0 aliphatic rings. The first kappa shape index (κ1) is 24.0. The van der Waals surface area contributed by atoms with Crippen LogP contribution in [0.25, 0.3) is 0 Å². The summed E-state index contributed by atoms with van der Waals surface area (Å²) in [5, 5.41) is 8.47. The Morgan fingerprint density at radius 3 is 2.41 bits per heavy atom. The van der Waals surface area contributed by atoms with E-state index in [1.54, 1.807) is 7.05 Å². The molecule has 4 nitrogen and oxygen atoms in total. The molecule has 0 atom stereocenters. The van der Waals surface area contributed by atoms with Gasteiger partial charge < -0.3 is 10.6 Å². The van der Waals surface area contributed by atoms with Crippen molar-refractivity contribution in [2.75, 3.05) is 20.1 Å². The number of nitrogens with one attached hydrogen (secondary N) is 2. The van der Waals surface area contributed by atoms with E-state index in [-0.39, 0.29) is 24.0 Å². The number of guanidine groups is 1. The topological polar surface area (TPSA) is 49.3 Å². The number of alkyl halides is 3. The van der Waals surface area contributed by atoms with E-state index >= 15 is 0 Å². The molecule has 150 valence electrons. The van der Waals surface area contributed by atoms with Crippen molar-refractivity contribution < 1.29 is 13.2 Å². The van der Waals surface area contributed by atoms with E-state index in [1.807, 2.05) is 24.3 Å². The zero-order valence-corrected chi connectivity index (χ0v) is 18.5. The molecule has 0 unspecified atom stereocenters. The van der Waals surface area contributed by atoms with Gasteiger partial charge in [0.05, 0.1) is 5.01 Å². The average Bonchev–Trinajstić information content (AvgIpc) is 3.08. The molecule has 0 aliphatic heterocycles. The van der Waals surface area contributed by atoms with E-state index < -0.39 is 11.9 Å². The Morgan fingerprint density at radius 2 is 1.81 bits per heavy atom. The summed E-state index contributed by atoms with van der Waals surface area (Å²) in [5.41, 5.74) is 0.380. The lowest BCUT2D eigenvalue weighted by Gasteiger charge is -2.11. The molecular weight excluding hydrogens is 512 g/mol. The fraction of sp³-hybridized carbons (Fsp3) is 0.412. The van der Waals surface area contributed by atoms with E-state index in [1.165, 1.54) is 5.56 Å². The smallest absolute Gasteiger partial charge is 0.356 e. The van der Waals surface area contributed by atoms with E-state index in [2.05, 4.69) is 20.6 Å². The van der Waals surface area contributed by atoms with Gasteiger partial charge in [0.1, 0.15) is 0 Å². The van der Waals surface area contributed by atoms with Crippen LogP contribution < -0.4 is 10.6 Å². The van der Waals surface area contributed by atoms with Gasteiger partial charge in [0.2, 0.25) is 0 Å². The van der Waals surface area contributed by atoms with E-state index in [9.17, 15) is 13.2 Å². The lowest BCUT2D eigenvalue weighted by Crippen LogP contribution is -2.38. The Balaban J connectivity index is 0.00000364. The average molecular weight is 533 g/mol. The summed E-state index contributed by atoms with van der Waals surface area (Å²) >= 11 is 6.87. The Bertz CT molecular complexity index is 720. The van der Waals surface area contributed by atoms with Gasteiger partial charge in [-0.25, -0.2) is 4.98 Å². The third-order valence-corrected chi connectivity index (χ3v) is 4.71. The highest BCUT2D eigenvalue weighted by Gasteiger charge is 2.33. The second kappa shape index (κ2) is 11.7. The van der Waals surface area contributed by atoms with Gasteiger partial charge in [-0.15, -0.1) is 35.3 Å². The highest BCUT2D eigenvalue weighted by atomic mass is 127. The molecule has 1 aromatic carbocycles. The van der Waals surface area contributed by atoms with Gasteiger partial charge in [-0.05, 0) is 30.5 Å². The Hall–Kier alpha value is -1.07. The van der Waals surface area contributed by atoms with Crippen molar-refractivity contribution >= 4 is 52.9 Å². The summed E-state index contributed by atoms with van der Waals surface area (Å²) in [6.07, 6.45) is -2.14. The lowest BCUT2D eigenvalue weighted by molar-refractivity contribution is -0.140. The van der Waals surface area contributed by atoms with Crippen LogP contribution >= 0.6 is 46.9 Å². The van der Waals surface area contributed by atoms with Gasteiger partial charge in [0.25, 0.3) is 0 Å². The highest BCUT2D eigenvalue weighted by Crippen LogP contribution is 2.29. The number of benzene rings is 1. The molecule has 27 heavy (non-hydrogen) atoms. The Labute approximate surface area is 182 Å². The fourth-order valence-corrected chi connectivity index (χ4v) is 3.15. The molecule has 0 aliphatic carbocycles. The molecule has 0 spiro atoms. The molecule has 0 fully saturated rings. The second-order valence-corrected chi connectivity index (χ2v) is 6.91. The summed E-state index contributed by atoms with van der Waals surface area (Å²) < 4.78 is 37.5. The molecule has 10 heteroatoms. The minimum absolute atomic E-state index is 0. The molecule has 2 aromatic rings. The Morgan fingerprint density at radius 1 is 1.15 bits per heavy atom. The van der Waals surface area contributed by atoms with Crippen LogP contribution in [0.4, 0.5) is 13.2 Å². The number of hydrogen-bond donors (Lipinski definition) is 2. The fourth-order valence-electron chi connectivity index (χ4n) is 2.21. The maximum atomic E-state index is 12.5. The molecule has 1 heterocycles. The highest BCUT2D eigenvalue weighted by molar-refractivity contribution is 14.0. The maximum Gasteiger partial charge on any atom is 0.434 e. The van der Waals surface area contributed by atoms with Crippen LogP contribution in [0.2, 0.25) is 5.02 Å². The Kier molecular flexibility index (Phi) is 10.4. The number of aromatic nitrogens is 1. The number of rotatable bonds is 7. The van der Waals surface area contributed by atoms with Crippen molar-refractivity contribution in [2.45, 2.75) is 25.4 Å². The zero-order chi connectivity index (χ0) is 19.0. The zero-order valence-electron chi connectivity index (χ0n) is 14.6. The number of nitrogens with zero attached hydrogens (tertiary/aromatic N) is 2. The first-order chi connectivity index (χ1) is 12.4. The minimum Gasteiger partial charge on any atom is -0.356 e. The molecule has 0 bridgehead atoms. The SMILES string of the molecule is CN=C(NCCCc1ccc(Cl)cc1)NCCc1nc(C(F)(F)F)cs1.I. The van der Waals surface area contributed by atoms with Gasteiger partial charge in [-0.2, -0.15) is 13.2 Å². The normalized spacial score (nSPS) is 11.8. The van der Waals surface area contributed by atoms with Gasteiger partial charge in [-0.1, -0.05) is 23.7 Å². The van der Waals surface area contributed by atoms with Gasteiger partial charge >= 0.3 is 6.18 Å². The number of halogens is 5. The molecular formula is C17H21ClF3IN4S. The molecule has 0 radical (unpaired) electrons. The van der Waals surface area contributed by atoms with Gasteiger partial charge in [0.15, 0.2) is 11.7 Å². The summed E-state index contributed by atoms with van der Waals surface area (Å²) in [7, 11) is 1.65. The molecule has 2 rings (SSSR count). The largest absolute Gasteiger partial charge is 0.434 e.